The molecule has 0 aliphatic carbocycles. The summed E-state index contributed by atoms with van der Waals surface area (Å²) in [6.45, 7) is 6.74. The number of aryl methyl sites for hydroxylation is 3. The van der Waals surface area contributed by atoms with Gasteiger partial charge in [0.15, 0.2) is 0 Å². The van der Waals surface area contributed by atoms with Crippen LogP contribution in [0.15, 0.2) is 59.5 Å². The Morgan fingerprint density at radius 3 is 2.47 bits per heavy atom. The molecule has 1 saturated heterocycles. The highest BCUT2D eigenvalue weighted by molar-refractivity contribution is 7.89. The van der Waals surface area contributed by atoms with E-state index in [1.54, 1.807) is 0 Å². The van der Waals surface area contributed by atoms with Crippen LogP contribution in [0.1, 0.15) is 35.1 Å². The Hall–Kier alpha value is -2.70. The molecule has 1 aliphatic heterocycles. The maximum atomic E-state index is 13.4. The van der Waals surface area contributed by atoms with Gasteiger partial charge in [-0.2, -0.15) is 4.31 Å². The van der Waals surface area contributed by atoms with Crippen LogP contribution in [0.25, 0.3) is 10.8 Å². The number of carbonyl (C=O) groups is 1. The summed E-state index contributed by atoms with van der Waals surface area (Å²) >= 11 is 0. The summed E-state index contributed by atoms with van der Waals surface area (Å²) in [5.74, 6) is -0.435. The van der Waals surface area contributed by atoms with E-state index in [-0.39, 0.29) is 18.4 Å². The highest BCUT2D eigenvalue weighted by Crippen LogP contribution is 2.29. The molecular formula is C26H30N2O3S. The molecule has 4 rings (SSSR count). The van der Waals surface area contributed by atoms with Crippen LogP contribution in [-0.2, 0) is 21.4 Å². The van der Waals surface area contributed by atoms with Crippen molar-refractivity contribution in [1.29, 1.82) is 0 Å². The minimum absolute atomic E-state index is 0.0878. The molecule has 5 nitrogen and oxygen atoms in total. The predicted octanol–water partition coefficient (Wildman–Crippen LogP) is 4.48. The monoisotopic (exact) mass is 450 g/mol. The molecule has 0 bridgehead atoms. The molecule has 1 fully saturated rings. The van der Waals surface area contributed by atoms with Crippen LogP contribution < -0.4 is 5.32 Å². The van der Waals surface area contributed by atoms with Gasteiger partial charge in [-0.3, -0.25) is 4.79 Å². The molecule has 1 heterocycles. The van der Waals surface area contributed by atoms with Crippen molar-refractivity contribution in [2.24, 2.45) is 5.92 Å². The molecular weight excluding hydrogens is 420 g/mol. The fraction of sp³-hybridized carbons (Fsp3) is 0.346. The number of hydrogen-bond acceptors (Lipinski definition) is 3. The Bertz CT molecular complexity index is 1240. The largest absolute Gasteiger partial charge is 0.352 e. The number of benzene rings is 3. The third-order valence-corrected chi connectivity index (χ3v) is 8.46. The van der Waals surface area contributed by atoms with Crippen molar-refractivity contribution in [2.75, 3.05) is 13.1 Å². The number of nitrogens with one attached hydrogen (secondary N) is 1. The van der Waals surface area contributed by atoms with Gasteiger partial charge in [0.25, 0.3) is 0 Å². The molecule has 1 aliphatic rings. The zero-order valence-corrected chi connectivity index (χ0v) is 19.7. The number of fused-ring (bicyclic) bond motifs is 1. The van der Waals surface area contributed by atoms with E-state index in [9.17, 15) is 13.2 Å². The van der Waals surface area contributed by atoms with Gasteiger partial charge in [0.05, 0.1) is 10.8 Å². The molecule has 0 saturated carbocycles. The van der Waals surface area contributed by atoms with Crippen LogP contribution in [0.4, 0.5) is 0 Å². The lowest BCUT2D eigenvalue weighted by molar-refractivity contribution is -0.126. The zero-order valence-electron chi connectivity index (χ0n) is 18.9. The van der Waals surface area contributed by atoms with E-state index in [2.05, 4.69) is 23.5 Å². The lowest BCUT2D eigenvalue weighted by Crippen LogP contribution is -2.45. The maximum Gasteiger partial charge on any atom is 0.243 e. The summed E-state index contributed by atoms with van der Waals surface area (Å²) < 4.78 is 28.3. The first-order chi connectivity index (χ1) is 15.3. The second-order valence-electron chi connectivity index (χ2n) is 8.79. The fourth-order valence-electron chi connectivity index (χ4n) is 4.85. The average Bonchev–Trinajstić information content (AvgIpc) is 2.76. The minimum Gasteiger partial charge on any atom is -0.352 e. The number of nitrogens with zero attached hydrogens (tertiary/aromatic N) is 1. The molecule has 0 radical (unpaired) electrons. The number of carbonyl (C=O) groups excluding carboxylic acids is 1. The second-order valence-corrected chi connectivity index (χ2v) is 10.7. The molecule has 3 aromatic rings. The van der Waals surface area contributed by atoms with Gasteiger partial charge in [-0.15, -0.1) is 0 Å². The predicted molar refractivity (Wildman–Crippen MR) is 128 cm³/mol. The third-order valence-electron chi connectivity index (χ3n) is 6.29. The molecule has 0 aromatic heterocycles. The normalized spacial score (nSPS) is 17.4. The zero-order chi connectivity index (χ0) is 22.9. The quantitative estimate of drug-likeness (QED) is 0.623. The maximum absolute atomic E-state index is 13.4. The lowest BCUT2D eigenvalue weighted by atomic mass is 9.98. The molecule has 1 atom stereocenters. The van der Waals surface area contributed by atoms with Crippen molar-refractivity contribution in [2.45, 2.75) is 45.1 Å². The van der Waals surface area contributed by atoms with Crippen molar-refractivity contribution < 1.29 is 13.2 Å². The van der Waals surface area contributed by atoms with E-state index < -0.39 is 10.0 Å². The van der Waals surface area contributed by atoms with Crippen LogP contribution in [0, 0.1) is 26.7 Å². The fourth-order valence-corrected chi connectivity index (χ4v) is 6.79. The highest BCUT2D eigenvalue weighted by Gasteiger charge is 2.34. The first-order valence-corrected chi connectivity index (χ1v) is 12.5. The van der Waals surface area contributed by atoms with Crippen molar-refractivity contribution in [3.8, 4) is 0 Å². The molecule has 3 aromatic carbocycles. The topological polar surface area (TPSA) is 66.5 Å². The molecule has 0 unspecified atom stereocenters. The van der Waals surface area contributed by atoms with Crippen molar-refractivity contribution in [1.82, 2.24) is 9.62 Å². The van der Waals surface area contributed by atoms with Gasteiger partial charge in [0, 0.05) is 19.6 Å². The molecule has 1 N–H and O–H groups in total. The molecule has 6 heteroatoms. The van der Waals surface area contributed by atoms with Gasteiger partial charge in [0.2, 0.25) is 15.9 Å². The Labute approximate surface area is 190 Å². The van der Waals surface area contributed by atoms with Crippen LogP contribution in [-0.4, -0.2) is 31.7 Å². The summed E-state index contributed by atoms with van der Waals surface area (Å²) in [4.78, 5) is 13.3. The van der Waals surface area contributed by atoms with E-state index in [4.69, 9.17) is 0 Å². The first-order valence-electron chi connectivity index (χ1n) is 11.1. The smallest absolute Gasteiger partial charge is 0.243 e. The van der Waals surface area contributed by atoms with Crippen molar-refractivity contribution in [3.05, 3.63) is 76.9 Å². The van der Waals surface area contributed by atoms with E-state index in [0.717, 1.165) is 33.0 Å². The number of sulfonamides is 1. The van der Waals surface area contributed by atoms with Gasteiger partial charge in [0.1, 0.15) is 0 Å². The molecule has 168 valence electrons. The minimum atomic E-state index is -3.65. The Kier molecular flexibility index (Phi) is 6.35. The van der Waals surface area contributed by atoms with Crippen LogP contribution >= 0.6 is 0 Å². The summed E-state index contributed by atoms with van der Waals surface area (Å²) in [6, 6.07) is 18.0. The van der Waals surface area contributed by atoms with Gasteiger partial charge in [-0.1, -0.05) is 60.2 Å². The van der Waals surface area contributed by atoms with Gasteiger partial charge in [-0.25, -0.2) is 8.42 Å². The number of amides is 1. The van der Waals surface area contributed by atoms with E-state index >= 15 is 0 Å². The highest BCUT2D eigenvalue weighted by atomic mass is 32.2. The summed E-state index contributed by atoms with van der Waals surface area (Å²) in [7, 11) is -3.65. The molecule has 32 heavy (non-hydrogen) atoms. The molecule has 1 amide bonds. The number of rotatable bonds is 5. The SMILES string of the molecule is Cc1cc(C)c(S(=O)(=O)N2CCC[C@@H](C(=O)NCc3cccc4ccccc34)C2)c(C)c1. The summed E-state index contributed by atoms with van der Waals surface area (Å²) in [5, 5.41) is 5.30. The number of piperidine rings is 1. The summed E-state index contributed by atoms with van der Waals surface area (Å²) in [5.41, 5.74) is 3.61. The van der Waals surface area contributed by atoms with Gasteiger partial charge < -0.3 is 5.32 Å². The lowest BCUT2D eigenvalue weighted by Gasteiger charge is -2.32. The third kappa shape index (κ3) is 4.43. The van der Waals surface area contributed by atoms with E-state index in [0.29, 0.717) is 30.8 Å². The molecule has 0 spiro atoms. The Morgan fingerprint density at radius 1 is 1.03 bits per heavy atom. The number of hydrogen-bond donors (Lipinski definition) is 1. The van der Waals surface area contributed by atoms with Crippen molar-refractivity contribution in [3.63, 3.8) is 0 Å². The second kappa shape index (κ2) is 9.04. The van der Waals surface area contributed by atoms with Crippen molar-refractivity contribution >= 4 is 26.7 Å². The standard InChI is InChI=1S/C26H30N2O3S/c1-18-14-19(2)25(20(3)15-18)32(30,31)28-13-7-11-23(17-28)26(29)27-16-22-10-6-9-21-8-4-5-12-24(21)22/h4-6,8-10,12,14-15,23H,7,11,13,16-17H2,1-3H3,(H,27,29)/t23-/m1/s1. The average molecular weight is 451 g/mol. The van der Waals surface area contributed by atoms with Gasteiger partial charge in [-0.05, 0) is 61.1 Å². The van der Waals surface area contributed by atoms with Crippen LogP contribution in [0.3, 0.4) is 0 Å². The van der Waals surface area contributed by atoms with Crippen LogP contribution in [0.5, 0.6) is 0 Å². The van der Waals surface area contributed by atoms with E-state index in [1.165, 1.54) is 4.31 Å². The van der Waals surface area contributed by atoms with Gasteiger partial charge >= 0.3 is 0 Å². The van der Waals surface area contributed by atoms with Crippen LogP contribution in [0.2, 0.25) is 0 Å². The summed E-state index contributed by atoms with van der Waals surface area (Å²) in [6.07, 6.45) is 1.37. The Morgan fingerprint density at radius 2 is 1.72 bits per heavy atom. The van der Waals surface area contributed by atoms with E-state index in [1.807, 2.05) is 57.2 Å². The Balaban J connectivity index is 1.48. The first kappa shape index (κ1) is 22.5.